The topological polar surface area (TPSA) is 115 Å². The lowest BCUT2D eigenvalue weighted by Gasteiger charge is -2.34. The molecule has 0 saturated carbocycles. The van der Waals surface area contributed by atoms with Gasteiger partial charge >= 0.3 is 0 Å². The average Bonchev–Trinajstić information content (AvgIpc) is 3.31. The fraction of sp³-hybridized carbons (Fsp3) is 0.382. The SMILES string of the molecule is CCC1CCCCN1S(=O)(=O)c1ccc(S(=O)(=O)NC(=O)c2c(C)c3cc(Cl)ccc3n2CCCOc2cc(C)c(Cl)c(C)c2)cc1. The van der Waals surface area contributed by atoms with Crippen LogP contribution in [0.15, 0.2) is 64.4 Å². The summed E-state index contributed by atoms with van der Waals surface area (Å²) in [7, 11) is -8.14. The zero-order valence-corrected chi connectivity index (χ0v) is 30.0. The number of carbonyl (C=O) groups is 1. The molecule has 1 fully saturated rings. The zero-order chi connectivity index (χ0) is 34.1. The third-order valence-corrected chi connectivity index (χ3v) is 12.9. The van der Waals surface area contributed by atoms with E-state index >= 15 is 0 Å². The molecule has 9 nitrogen and oxygen atoms in total. The summed E-state index contributed by atoms with van der Waals surface area (Å²) in [6.07, 6.45) is 3.78. The smallest absolute Gasteiger partial charge is 0.281 e. The molecule has 13 heteroatoms. The van der Waals surface area contributed by atoms with Gasteiger partial charge in [-0.15, -0.1) is 0 Å². The first-order chi connectivity index (χ1) is 22.2. The Balaban J connectivity index is 1.36. The molecule has 2 heterocycles. The van der Waals surface area contributed by atoms with Crippen LogP contribution < -0.4 is 9.46 Å². The second kappa shape index (κ2) is 14.2. The normalized spacial score (nSPS) is 16.0. The van der Waals surface area contributed by atoms with Crippen LogP contribution in [0, 0.1) is 20.8 Å². The van der Waals surface area contributed by atoms with Gasteiger partial charge in [-0.1, -0.05) is 36.5 Å². The molecule has 1 amide bonds. The van der Waals surface area contributed by atoms with Crippen molar-refractivity contribution < 1.29 is 26.4 Å². The first kappa shape index (κ1) is 35.2. The van der Waals surface area contributed by atoms with Crippen LogP contribution in [0.1, 0.15) is 66.2 Å². The number of ether oxygens (including phenoxy) is 1. The van der Waals surface area contributed by atoms with Crippen LogP contribution in [0.3, 0.4) is 0 Å². The highest BCUT2D eigenvalue weighted by molar-refractivity contribution is 7.90. The number of rotatable bonds is 11. The lowest BCUT2D eigenvalue weighted by atomic mass is 10.0. The van der Waals surface area contributed by atoms with E-state index in [4.69, 9.17) is 27.9 Å². The van der Waals surface area contributed by atoms with Crippen molar-refractivity contribution in [3.8, 4) is 5.75 Å². The average molecular weight is 721 g/mol. The van der Waals surface area contributed by atoms with Gasteiger partial charge in [0.15, 0.2) is 0 Å². The maximum atomic E-state index is 13.7. The van der Waals surface area contributed by atoms with Crippen molar-refractivity contribution >= 4 is 60.1 Å². The first-order valence-electron chi connectivity index (χ1n) is 15.6. The van der Waals surface area contributed by atoms with Crippen LogP contribution >= 0.6 is 23.2 Å². The third kappa shape index (κ3) is 7.34. The van der Waals surface area contributed by atoms with E-state index in [1.807, 2.05) is 32.9 Å². The van der Waals surface area contributed by atoms with Gasteiger partial charge in [0.25, 0.3) is 15.9 Å². The minimum absolute atomic E-state index is 0.0158. The van der Waals surface area contributed by atoms with E-state index in [-0.39, 0.29) is 21.5 Å². The van der Waals surface area contributed by atoms with Crippen LogP contribution in [0.25, 0.3) is 10.9 Å². The van der Waals surface area contributed by atoms with E-state index in [1.165, 1.54) is 28.6 Å². The molecule has 1 aromatic heterocycles. The quantitative estimate of drug-likeness (QED) is 0.162. The van der Waals surface area contributed by atoms with E-state index < -0.39 is 26.0 Å². The molecule has 0 spiro atoms. The molecule has 1 atom stereocenters. The molecule has 1 aliphatic rings. The minimum Gasteiger partial charge on any atom is -0.494 e. The monoisotopic (exact) mass is 719 g/mol. The highest BCUT2D eigenvalue weighted by Gasteiger charge is 2.33. The number of nitrogens with one attached hydrogen (secondary N) is 1. The van der Waals surface area contributed by atoms with Gasteiger partial charge in [0.2, 0.25) is 10.0 Å². The van der Waals surface area contributed by atoms with Crippen molar-refractivity contribution in [1.82, 2.24) is 13.6 Å². The fourth-order valence-electron chi connectivity index (χ4n) is 6.28. The van der Waals surface area contributed by atoms with Crippen LogP contribution in [0.5, 0.6) is 5.75 Å². The zero-order valence-electron chi connectivity index (χ0n) is 26.8. The molecule has 3 aromatic carbocycles. The number of benzene rings is 3. The molecule has 1 unspecified atom stereocenters. The lowest BCUT2D eigenvalue weighted by Crippen LogP contribution is -2.43. The molecule has 1 N–H and O–H groups in total. The molecule has 47 heavy (non-hydrogen) atoms. The van der Waals surface area contributed by atoms with E-state index in [0.717, 1.165) is 41.3 Å². The van der Waals surface area contributed by atoms with E-state index in [1.54, 1.807) is 29.7 Å². The second-order valence-electron chi connectivity index (χ2n) is 11.9. The van der Waals surface area contributed by atoms with Crippen molar-refractivity contribution in [3.63, 3.8) is 0 Å². The van der Waals surface area contributed by atoms with Gasteiger partial charge in [0.1, 0.15) is 11.4 Å². The van der Waals surface area contributed by atoms with Gasteiger partial charge in [0.05, 0.1) is 16.4 Å². The van der Waals surface area contributed by atoms with Gasteiger partial charge in [0, 0.05) is 40.1 Å². The number of halogens is 2. The van der Waals surface area contributed by atoms with Crippen molar-refractivity contribution in [3.05, 3.63) is 87.0 Å². The van der Waals surface area contributed by atoms with E-state index in [2.05, 4.69) is 4.72 Å². The molecule has 5 rings (SSSR count). The number of amides is 1. The van der Waals surface area contributed by atoms with Gasteiger partial charge in [-0.05, 0) is 118 Å². The number of piperidine rings is 1. The largest absolute Gasteiger partial charge is 0.494 e. The Hall–Kier alpha value is -3.09. The number of aromatic nitrogens is 1. The summed E-state index contributed by atoms with van der Waals surface area (Å²) in [6.45, 7) is 8.67. The number of nitrogens with zero attached hydrogens (tertiary/aromatic N) is 2. The Morgan fingerprint density at radius 1 is 0.936 bits per heavy atom. The Labute approximate surface area is 286 Å². The highest BCUT2D eigenvalue weighted by Crippen LogP contribution is 2.31. The van der Waals surface area contributed by atoms with E-state index in [9.17, 15) is 21.6 Å². The first-order valence-corrected chi connectivity index (χ1v) is 19.3. The predicted octanol–water partition coefficient (Wildman–Crippen LogP) is 7.41. The van der Waals surface area contributed by atoms with Crippen molar-refractivity contribution in [1.29, 1.82) is 0 Å². The molecular weight excluding hydrogens is 681 g/mol. The number of aryl methyl sites for hydroxylation is 4. The van der Waals surface area contributed by atoms with Crippen LogP contribution in [-0.4, -0.2) is 50.8 Å². The van der Waals surface area contributed by atoms with E-state index in [0.29, 0.717) is 53.9 Å². The Morgan fingerprint density at radius 3 is 2.26 bits per heavy atom. The van der Waals surface area contributed by atoms with Crippen LogP contribution in [0.2, 0.25) is 10.0 Å². The number of carbonyl (C=O) groups excluding carboxylic acids is 1. The third-order valence-electron chi connectivity index (χ3n) is 8.71. The molecular formula is C34H39Cl2N3O6S2. The van der Waals surface area contributed by atoms with Gasteiger partial charge < -0.3 is 9.30 Å². The Kier molecular flexibility index (Phi) is 10.6. The van der Waals surface area contributed by atoms with Crippen LogP contribution in [0.4, 0.5) is 0 Å². The van der Waals surface area contributed by atoms with Gasteiger partial charge in [-0.2, -0.15) is 4.31 Å². The number of fused-ring (bicyclic) bond motifs is 1. The summed E-state index contributed by atoms with van der Waals surface area (Å²) in [5.74, 6) is -0.121. The summed E-state index contributed by atoms with van der Waals surface area (Å²) < 4.78 is 65.0. The molecule has 0 aliphatic carbocycles. The summed E-state index contributed by atoms with van der Waals surface area (Å²) in [5.41, 5.74) is 3.31. The minimum atomic E-state index is -4.35. The van der Waals surface area contributed by atoms with Crippen molar-refractivity contribution in [2.75, 3.05) is 13.2 Å². The highest BCUT2D eigenvalue weighted by atomic mass is 35.5. The summed E-state index contributed by atoms with van der Waals surface area (Å²) in [5, 5.41) is 1.90. The molecule has 4 aromatic rings. The molecule has 252 valence electrons. The predicted molar refractivity (Wildman–Crippen MR) is 186 cm³/mol. The summed E-state index contributed by atoms with van der Waals surface area (Å²) in [6, 6.07) is 13.9. The van der Waals surface area contributed by atoms with Gasteiger partial charge in [-0.25, -0.2) is 21.6 Å². The molecule has 1 saturated heterocycles. The van der Waals surface area contributed by atoms with Crippen LogP contribution in [-0.2, 0) is 26.6 Å². The van der Waals surface area contributed by atoms with Crippen molar-refractivity contribution in [2.24, 2.45) is 0 Å². The second-order valence-corrected chi connectivity index (χ2v) is 16.3. The lowest BCUT2D eigenvalue weighted by molar-refractivity contribution is 0.0971. The molecule has 0 bridgehead atoms. The number of hydrogen-bond donors (Lipinski definition) is 1. The maximum Gasteiger partial charge on any atom is 0.281 e. The maximum absolute atomic E-state index is 13.7. The number of sulfonamides is 2. The summed E-state index contributed by atoms with van der Waals surface area (Å²) in [4.78, 5) is 13.5. The summed E-state index contributed by atoms with van der Waals surface area (Å²) >= 11 is 12.6. The Morgan fingerprint density at radius 2 is 1.60 bits per heavy atom. The van der Waals surface area contributed by atoms with Crippen molar-refractivity contribution in [2.45, 2.75) is 82.2 Å². The molecule has 0 radical (unpaired) electrons. The molecule has 1 aliphatic heterocycles. The number of hydrogen-bond acceptors (Lipinski definition) is 6. The fourth-order valence-corrected chi connectivity index (χ4v) is 9.28. The Bertz CT molecular complexity index is 2000. The van der Waals surface area contributed by atoms with Gasteiger partial charge in [-0.3, -0.25) is 4.79 Å². The standard InChI is InChI=1S/C34H39Cl2N3O6S2/c1-5-26-9-6-7-17-39(26)47(43,44)29-13-11-28(12-14-29)46(41,42)37-34(40)33-24(4)30-21-25(35)10-15-31(30)38(33)16-8-18-45-27-19-22(2)32(36)23(3)20-27/h10-15,19-21,26H,5-9,16-18H2,1-4H3,(H,37,40).